The lowest BCUT2D eigenvalue weighted by atomic mass is 10.0. The quantitative estimate of drug-likeness (QED) is 0.686. The van der Waals surface area contributed by atoms with E-state index in [-0.39, 0.29) is 6.04 Å². The zero-order chi connectivity index (χ0) is 19.7. The third-order valence-corrected chi connectivity index (χ3v) is 5.10. The second-order valence-corrected chi connectivity index (χ2v) is 6.78. The van der Waals surface area contributed by atoms with Gasteiger partial charge in [0.1, 0.15) is 0 Å². The highest BCUT2D eigenvalue weighted by molar-refractivity contribution is 5.74. The molecule has 3 aromatic rings. The minimum absolute atomic E-state index is 0.201. The maximum Gasteiger partial charge on any atom is 0.435 e. The summed E-state index contributed by atoms with van der Waals surface area (Å²) in [6.45, 7) is 5.06. The molecule has 0 radical (unpaired) electrons. The van der Waals surface area contributed by atoms with Gasteiger partial charge in [0.15, 0.2) is 11.5 Å². The molecule has 0 spiro atoms. The van der Waals surface area contributed by atoms with Crippen LogP contribution in [-0.4, -0.2) is 51.2 Å². The van der Waals surface area contributed by atoms with Crippen LogP contribution in [0.5, 0.6) is 0 Å². The van der Waals surface area contributed by atoms with Crippen molar-refractivity contribution in [3.05, 3.63) is 54.0 Å². The van der Waals surface area contributed by atoms with Gasteiger partial charge < -0.3 is 4.90 Å². The molecule has 1 aliphatic rings. The summed E-state index contributed by atoms with van der Waals surface area (Å²) in [4.78, 5) is 13.0. The van der Waals surface area contributed by atoms with Crippen LogP contribution in [0.4, 0.5) is 19.0 Å². The molecule has 1 aromatic carbocycles. The third kappa shape index (κ3) is 3.75. The Balaban J connectivity index is 1.41. The molecule has 0 N–H and O–H groups in total. The summed E-state index contributed by atoms with van der Waals surface area (Å²) in [6, 6.07) is 8.66. The molecule has 2 aromatic heterocycles. The van der Waals surface area contributed by atoms with Crippen LogP contribution in [0.1, 0.15) is 24.2 Å². The molecule has 1 atom stereocenters. The van der Waals surface area contributed by atoms with Crippen LogP contribution in [0.15, 0.2) is 42.7 Å². The molecular formula is C19H19F3N6. The fourth-order valence-corrected chi connectivity index (χ4v) is 3.43. The minimum atomic E-state index is -4.47. The number of nitrogens with zero attached hydrogens (tertiary/aromatic N) is 6. The highest BCUT2D eigenvalue weighted by Gasteiger charge is 2.33. The molecular weight excluding hydrogens is 369 g/mol. The van der Waals surface area contributed by atoms with Crippen molar-refractivity contribution in [3.63, 3.8) is 0 Å². The summed E-state index contributed by atoms with van der Waals surface area (Å²) >= 11 is 0. The Morgan fingerprint density at radius 2 is 1.61 bits per heavy atom. The number of anilines is 1. The largest absolute Gasteiger partial charge is 0.435 e. The first-order valence-corrected chi connectivity index (χ1v) is 9.02. The van der Waals surface area contributed by atoms with Crippen LogP contribution in [0, 0.1) is 0 Å². The maximum atomic E-state index is 12.6. The minimum Gasteiger partial charge on any atom is -0.353 e. The van der Waals surface area contributed by atoms with E-state index in [1.54, 1.807) is 12.4 Å². The number of rotatable bonds is 3. The monoisotopic (exact) mass is 388 g/mol. The Labute approximate surface area is 160 Å². The number of halogens is 3. The molecule has 0 aliphatic carbocycles. The number of fused-ring (bicyclic) bond motifs is 1. The fraction of sp³-hybridized carbons (Fsp3) is 0.368. The topological polar surface area (TPSA) is 58.0 Å². The van der Waals surface area contributed by atoms with Crippen molar-refractivity contribution in [1.82, 2.24) is 25.1 Å². The van der Waals surface area contributed by atoms with E-state index in [0.717, 1.165) is 35.8 Å². The normalized spacial score (nSPS) is 17.1. The van der Waals surface area contributed by atoms with Gasteiger partial charge in [-0.15, -0.1) is 10.2 Å². The lowest BCUT2D eigenvalue weighted by Gasteiger charge is -2.38. The van der Waals surface area contributed by atoms with Crippen LogP contribution in [0.3, 0.4) is 0 Å². The van der Waals surface area contributed by atoms with Gasteiger partial charge in [-0.1, -0.05) is 6.07 Å². The second kappa shape index (κ2) is 7.31. The molecule has 1 aliphatic heterocycles. The molecule has 0 amide bonds. The summed E-state index contributed by atoms with van der Waals surface area (Å²) in [6.07, 6.45) is -1.11. The van der Waals surface area contributed by atoms with Gasteiger partial charge >= 0.3 is 6.18 Å². The van der Waals surface area contributed by atoms with E-state index in [9.17, 15) is 13.2 Å². The summed E-state index contributed by atoms with van der Waals surface area (Å²) in [5, 5.41) is 7.07. The zero-order valence-corrected chi connectivity index (χ0v) is 15.3. The molecule has 1 unspecified atom stereocenters. The molecule has 1 fully saturated rings. The summed E-state index contributed by atoms with van der Waals surface area (Å²) in [5.41, 5.74) is 1.92. The first-order chi connectivity index (χ1) is 13.4. The number of piperazine rings is 1. The molecule has 28 heavy (non-hydrogen) atoms. The van der Waals surface area contributed by atoms with Gasteiger partial charge in [0.05, 0.1) is 11.0 Å². The molecule has 9 heteroatoms. The number of benzene rings is 1. The Bertz CT molecular complexity index is 952. The van der Waals surface area contributed by atoms with Crippen molar-refractivity contribution in [2.45, 2.75) is 19.1 Å². The van der Waals surface area contributed by atoms with E-state index in [1.807, 2.05) is 11.0 Å². The lowest BCUT2D eigenvalue weighted by Crippen LogP contribution is -2.47. The van der Waals surface area contributed by atoms with E-state index in [0.29, 0.717) is 18.9 Å². The predicted molar refractivity (Wildman–Crippen MR) is 98.8 cm³/mol. The molecule has 4 rings (SSSR count). The van der Waals surface area contributed by atoms with Gasteiger partial charge in [0, 0.05) is 44.6 Å². The smallest absolute Gasteiger partial charge is 0.353 e. The predicted octanol–water partition coefficient (Wildman–Crippen LogP) is 3.32. The average molecular weight is 388 g/mol. The van der Waals surface area contributed by atoms with Crippen LogP contribution in [0.2, 0.25) is 0 Å². The number of hydrogen-bond acceptors (Lipinski definition) is 6. The van der Waals surface area contributed by atoms with Gasteiger partial charge in [-0.2, -0.15) is 13.2 Å². The van der Waals surface area contributed by atoms with Crippen LogP contribution < -0.4 is 4.90 Å². The number of hydrogen-bond donors (Lipinski definition) is 0. The molecule has 0 bridgehead atoms. The molecule has 0 saturated carbocycles. The average Bonchev–Trinajstić information content (AvgIpc) is 2.72. The number of alkyl halides is 3. The molecule has 6 nitrogen and oxygen atoms in total. The Morgan fingerprint density at radius 1 is 0.893 bits per heavy atom. The van der Waals surface area contributed by atoms with Crippen LogP contribution in [-0.2, 0) is 6.18 Å². The van der Waals surface area contributed by atoms with Crippen LogP contribution in [0.25, 0.3) is 11.0 Å². The first-order valence-electron chi connectivity index (χ1n) is 9.02. The third-order valence-electron chi connectivity index (χ3n) is 5.10. The fourth-order valence-electron chi connectivity index (χ4n) is 3.43. The second-order valence-electron chi connectivity index (χ2n) is 6.78. The summed E-state index contributed by atoms with van der Waals surface area (Å²) < 4.78 is 37.9. The summed E-state index contributed by atoms with van der Waals surface area (Å²) in [7, 11) is 0. The molecule has 1 saturated heterocycles. The van der Waals surface area contributed by atoms with Gasteiger partial charge in [-0.05, 0) is 36.8 Å². The first kappa shape index (κ1) is 18.5. The summed E-state index contributed by atoms with van der Waals surface area (Å²) in [5.74, 6) is 0.473. The Kier molecular flexibility index (Phi) is 4.84. The molecule has 3 heterocycles. The van der Waals surface area contributed by atoms with Crippen molar-refractivity contribution in [2.24, 2.45) is 0 Å². The Hall–Kier alpha value is -2.81. The van der Waals surface area contributed by atoms with Gasteiger partial charge in [0.2, 0.25) is 0 Å². The highest BCUT2D eigenvalue weighted by Crippen LogP contribution is 2.28. The van der Waals surface area contributed by atoms with Gasteiger partial charge in [-0.3, -0.25) is 14.9 Å². The van der Waals surface area contributed by atoms with E-state index >= 15 is 0 Å². The zero-order valence-electron chi connectivity index (χ0n) is 15.3. The lowest BCUT2D eigenvalue weighted by molar-refractivity contribution is -0.141. The SMILES string of the molecule is CC(c1ccc2nccnc2c1)N1CCN(c2ccc(C(F)(F)F)nn2)CC1. The highest BCUT2D eigenvalue weighted by atomic mass is 19.4. The van der Waals surface area contributed by atoms with E-state index in [2.05, 4.69) is 44.1 Å². The van der Waals surface area contributed by atoms with Gasteiger partial charge in [0.25, 0.3) is 0 Å². The Morgan fingerprint density at radius 3 is 2.25 bits per heavy atom. The maximum absolute atomic E-state index is 12.6. The van der Waals surface area contributed by atoms with Crippen molar-refractivity contribution in [3.8, 4) is 0 Å². The number of aromatic nitrogens is 4. The van der Waals surface area contributed by atoms with Gasteiger partial charge in [-0.25, -0.2) is 0 Å². The van der Waals surface area contributed by atoms with E-state index < -0.39 is 11.9 Å². The standard InChI is InChI=1S/C19H19F3N6/c1-13(14-2-3-15-16(12-14)24-7-6-23-15)27-8-10-28(11-9-27)18-5-4-17(25-26-18)19(20,21)22/h2-7,12-13H,8-11H2,1H3. The van der Waals surface area contributed by atoms with E-state index in [1.165, 1.54) is 6.07 Å². The van der Waals surface area contributed by atoms with Crippen molar-refractivity contribution in [1.29, 1.82) is 0 Å². The van der Waals surface area contributed by atoms with Crippen molar-refractivity contribution < 1.29 is 13.2 Å². The van der Waals surface area contributed by atoms with Crippen molar-refractivity contribution in [2.75, 3.05) is 31.1 Å². The van der Waals surface area contributed by atoms with Crippen LogP contribution >= 0.6 is 0 Å². The van der Waals surface area contributed by atoms with Crippen molar-refractivity contribution >= 4 is 16.9 Å². The van der Waals surface area contributed by atoms with E-state index in [4.69, 9.17) is 0 Å². The molecule has 146 valence electrons.